The molecule has 1 saturated carbocycles. The van der Waals surface area contributed by atoms with Crippen molar-refractivity contribution in [2.75, 3.05) is 12.0 Å². The molecule has 2 rings (SSSR count). The molecule has 0 saturated heterocycles. The van der Waals surface area contributed by atoms with Crippen LogP contribution in [-0.2, 0) is 10.8 Å². The van der Waals surface area contributed by atoms with Crippen LogP contribution < -0.4 is 5.32 Å². The summed E-state index contributed by atoms with van der Waals surface area (Å²) in [6.45, 7) is 2.20. The zero-order valence-electron chi connectivity index (χ0n) is 11.3. The van der Waals surface area contributed by atoms with Crippen molar-refractivity contribution in [1.29, 1.82) is 0 Å². The first-order chi connectivity index (χ1) is 8.65. The average molecular weight is 265 g/mol. The van der Waals surface area contributed by atoms with Crippen LogP contribution >= 0.6 is 0 Å². The molecule has 2 unspecified atom stereocenters. The molecule has 0 aliphatic heterocycles. The zero-order valence-corrected chi connectivity index (χ0v) is 12.1. The summed E-state index contributed by atoms with van der Waals surface area (Å²) in [6, 6.07) is 11.9. The Morgan fingerprint density at radius 3 is 2.61 bits per heavy atom. The van der Waals surface area contributed by atoms with E-state index in [4.69, 9.17) is 0 Å². The van der Waals surface area contributed by atoms with E-state index in [0.29, 0.717) is 12.1 Å². The first kappa shape index (κ1) is 13.8. The minimum absolute atomic E-state index is 0.482. The van der Waals surface area contributed by atoms with Gasteiger partial charge in [-0.1, -0.05) is 30.3 Å². The lowest BCUT2D eigenvalue weighted by Gasteiger charge is -2.38. The van der Waals surface area contributed by atoms with Gasteiger partial charge in [-0.15, -0.1) is 0 Å². The van der Waals surface area contributed by atoms with Crippen LogP contribution in [0.25, 0.3) is 0 Å². The summed E-state index contributed by atoms with van der Waals surface area (Å²) < 4.78 is 11.0. The van der Waals surface area contributed by atoms with Crippen LogP contribution in [0.4, 0.5) is 0 Å². The molecule has 0 amide bonds. The molecule has 1 aliphatic carbocycles. The van der Waals surface area contributed by atoms with Crippen LogP contribution in [0.15, 0.2) is 30.3 Å². The lowest BCUT2D eigenvalue weighted by atomic mass is 9.75. The molecule has 18 heavy (non-hydrogen) atoms. The van der Waals surface area contributed by atoms with Crippen molar-refractivity contribution >= 4 is 10.8 Å². The van der Waals surface area contributed by atoms with Crippen LogP contribution in [0.5, 0.6) is 0 Å². The van der Waals surface area contributed by atoms with Crippen LogP contribution in [-0.4, -0.2) is 28.3 Å². The molecule has 0 spiro atoms. The van der Waals surface area contributed by atoms with Crippen molar-refractivity contribution in [2.45, 2.75) is 44.2 Å². The highest BCUT2D eigenvalue weighted by molar-refractivity contribution is 7.84. The highest BCUT2D eigenvalue weighted by atomic mass is 32.2. The lowest BCUT2D eigenvalue weighted by Crippen LogP contribution is -2.44. The van der Waals surface area contributed by atoms with Crippen molar-refractivity contribution in [3.8, 4) is 0 Å². The molecule has 2 nitrogen and oxygen atoms in total. The van der Waals surface area contributed by atoms with Crippen molar-refractivity contribution in [1.82, 2.24) is 5.32 Å². The van der Waals surface area contributed by atoms with E-state index in [1.165, 1.54) is 18.4 Å². The fourth-order valence-electron chi connectivity index (χ4n) is 2.58. The Morgan fingerprint density at radius 1 is 1.33 bits per heavy atom. The molecule has 100 valence electrons. The second kappa shape index (κ2) is 6.48. The minimum atomic E-state index is -0.662. The quantitative estimate of drug-likeness (QED) is 0.857. The van der Waals surface area contributed by atoms with Gasteiger partial charge in [0.05, 0.1) is 0 Å². The number of benzene rings is 1. The minimum Gasteiger partial charge on any atom is -0.311 e. The van der Waals surface area contributed by atoms with Crippen LogP contribution in [0.3, 0.4) is 0 Å². The topological polar surface area (TPSA) is 29.1 Å². The van der Waals surface area contributed by atoms with Gasteiger partial charge in [-0.25, -0.2) is 0 Å². The second-order valence-electron chi connectivity index (χ2n) is 5.41. The van der Waals surface area contributed by atoms with Gasteiger partial charge in [0.1, 0.15) is 0 Å². The molecule has 0 bridgehead atoms. The summed E-state index contributed by atoms with van der Waals surface area (Å²) in [5, 5.41) is 3.64. The Hall–Kier alpha value is -0.670. The molecular formula is C15H23NOS. The molecule has 1 aliphatic rings. The summed E-state index contributed by atoms with van der Waals surface area (Å²) >= 11 is 0. The van der Waals surface area contributed by atoms with Crippen molar-refractivity contribution in [3.05, 3.63) is 35.9 Å². The number of hydrogen-bond acceptors (Lipinski definition) is 2. The van der Waals surface area contributed by atoms with Gasteiger partial charge in [-0.05, 0) is 37.7 Å². The summed E-state index contributed by atoms with van der Waals surface area (Å²) in [4.78, 5) is 0. The molecule has 2 atom stereocenters. The predicted octanol–water partition coefficient (Wildman–Crippen LogP) is 2.68. The third kappa shape index (κ3) is 3.92. The molecule has 0 radical (unpaired) electrons. The fraction of sp³-hybridized carbons (Fsp3) is 0.600. The lowest BCUT2D eigenvalue weighted by molar-refractivity contribution is 0.268. The van der Waals surface area contributed by atoms with E-state index < -0.39 is 10.8 Å². The van der Waals surface area contributed by atoms with E-state index in [9.17, 15) is 4.21 Å². The van der Waals surface area contributed by atoms with Gasteiger partial charge in [-0.3, -0.25) is 4.21 Å². The van der Waals surface area contributed by atoms with Crippen molar-refractivity contribution < 1.29 is 4.21 Å². The summed E-state index contributed by atoms with van der Waals surface area (Å²) in [5.74, 6) is 1.54. The summed E-state index contributed by atoms with van der Waals surface area (Å²) in [7, 11) is -0.662. The van der Waals surface area contributed by atoms with E-state index in [1.54, 1.807) is 6.26 Å². The van der Waals surface area contributed by atoms with E-state index in [2.05, 4.69) is 42.6 Å². The first-order valence-corrected chi connectivity index (χ1v) is 8.49. The van der Waals surface area contributed by atoms with Crippen molar-refractivity contribution in [2.24, 2.45) is 0 Å². The van der Waals surface area contributed by atoms with Gasteiger partial charge in [0, 0.05) is 34.9 Å². The van der Waals surface area contributed by atoms with Crippen LogP contribution in [0, 0.1) is 0 Å². The zero-order chi connectivity index (χ0) is 13.0. The fourth-order valence-corrected chi connectivity index (χ4v) is 3.27. The van der Waals surface area contributed by atoms with E-state index in [1.807, 2.05) is 0 Å². The Kier molecular flexibility index (Phi) is 4.95. The molecule has 0 heterocycles. The maximum Gasteiger partial charge on any atom is 0.0246 e. The van der Waals surface area contributed by atoms with Crippen molar-refractivity contribution in [3.63, 3.8) is 0 Å². The van der Waals surface area contributed by atoms with Crippen LogP contribution in [0.2, 0.25) is 0 Å². The Morgan fingerprint density at radius 2 is 2.00 bits per heavy atom. The van der Waals surface area contributed by atoms with E-state index in [0.717, 1.165) is 18.1 Å². The maximum absolute atomic E-state index is 11.0. The molecule has 1 aromatic carbocycles. The van der Waals surface area contributed by atoms with Crippen LogP contribution in [0.1, 0.15) is 37.7 Å². The van der Waals surface area contributed by atoms with E-state index in [-0.39, 0.29) is 0 Å². The largest absolute Gasteiger partial charge is 0.311 e. The molecule has 0 aromatic heterocycles. The normalized spacial score (nSPS) is 26.3. The van der Waals surface area contributed by atoms with Gasteiger partial charge in [0.2, 0.25) is 0 Å². The predicted molar refractivity (Wildman–Crippen MR) is 78.4 cm³/mol. The van der Waals surface area contributed by atoms with Gasteiger partial charge < -0.3 is 5.32 Å². The molecule has 3 heteroatoms. The highest BCUT2D eigenvalue weighted by Gasteiger charge is 2.30. The SMILES string of the molecule is CC(CCS(C)=O)NC1CC(c2ccccc2)C1. The summed E-state index contributed by atoms with van der Waals surface area (Å²) in [5.41, 5.74) is 1.47. The third-order valence-electron chi connectivity index (χ3n) is 3.77. The Labute approximate surface area is 113 Å². The monoisotopic (exact) mass is 265 g/mol. The Bertz CT molecular complexity index is 387. The standard InChI is InChI=1S/C15H23NOS/c1-12(8-9-18(2)17)16-15-10-14(11-15)13-6-4-3-5-7-13/h3-7,12,14-16H,8-11H2,1-2H3. The average Bonchev–Trinajstić information content (AvgIpc) is 2.32. The third-order valence-corrected chi connectivity index (χ3v) is 4.58. The van der Waals surface area contributed by atoms with Gasteiger partial charge in [0.25, 0.3) is 0 Å². The molecule has 1 aromatic rings. The first-order valence-electron chi connectivity index (χ1n) is 6.76. The van der Waals surface area contributed by atoms with Gasteiger partial charge in [-0.2, -0.15) is 0 Å². The van der Waals surface area contributed by atoms with E-state index >= 15 is 0 Å². The molecular weight excluding hydrogens is 242 g/mol. The smallest absolute Gasteiger partial charge is 0.0246 e. The Balaban J connectivity index is 1.68. The molecule has 1 fully saturated rings. The van der Waals surface area contributed by atoms with Gasteiger partial charge >= 0.3 is 0 Å². The summed E-state index contributed by atoms with van der Waals surface area (Å²) in [6.07, 6.45) is 5.27. The number of hydrogen-bond donors (Lipinski definition) is 1. The molecule has 1 N–H and O–H groups in total. The second-order valence-corrected chi connectivity index (χ2v) is 6.96. The maximum atomic E-state index is 11.0. The number of nitrogens with one attached hydrogen (secondary N) is 1. The van der Waals surface area contributed by atoms with Gasteiger partial charge in [0.15, 0.2) is 0 Å². The highest BCUT2D eigenvalue weighted by Crippen LogP contribution is 2.36. The number of rotatable bonds is 6.